The zero-order valence-electron chi connectivity index (χ0n) is 17.9. The lowest BCUT2D eigenvalue weighted by molar-refractivity contribution is 0.101. The third-order valence-electron chi connectivity index (χ3n) is 5.15. The molecule has 0 unspecified atom stereocenters. The van der Waals surface area contributed by atoms with E-state index in [9.17, 15) is 4.79 Å². The first-order valence-corrected chi connectivity index (χ1v) is 11.1. The van der Waals surface area contributed by atoms with Gasteiger partial charge in [-0.3, -0.25) is 9.78 Å². The Balaban J connectivity index is 1.41. The molecule has 0 radical (unpaired) electrons. The zero-order chi connectivity index (χ0) is 21.8. The predicted octanol–water partition coefficient (Wildman–Crippen LogP) is 5.00. The van der Waals surface area contributed by atoms with E-state index in [0.29, 0.717) is 23.0 Å². The first kappa shape index (κ1) is 21.2. The topological polar surface area (TPSA) is 77.2 Å². The molecule has 1 aromatic carbocycles. The van der Waals surface area contributed by atoms with Crippen molar-refractivity contribution in [3.8, 4) is 5.75 Å². The van der Waals surface area contributed by atoms with Gasteiger partial charge in [-0.05, 0) is 57.5 Å². The normalized spacial score (nSPS) is 11.2. The SMILES string of the molecule is Cc1nc(C(=O)c2oc3cccc(OCCCNCc4cccnc4)c3c2C)sc1C. The van der Waals surface area contributed by atoms with Crippen LogP contribution in [-0.2, 0) is 6.54 Å². The highest BCUT2D eigenvalue weighted by atomic mass is 32.1. The van der Waals surface area contributed by atoms with Crippen LogP contribution in [0.2, 0.25) is 0 Å². The van der Waals surface area contributed by atoms with Gasteiger partial charge < -0.3 is 14.5 Å². The number of thiazole rings is 1. The predicted molar refractivity (Wildman–Crippen MR) is 122 cm³/mol. The molecule has 0 amide bonds. The smallest absolute Gasteiger partial charge is 0.256 e. The molecule has 4 rings (SSSR count). The van der Waals surface area contributed by atoms with Gasteiger partial charge in [0.2, 0.25) is 0 Å². The highest BCUT2D eigenvalue weighted by molar-refractivity contribution is 7.13. The van der Waals surface area contributed by atoms with Gasteiger partial charge in [0.25, 0.3) is 5.78 Å². The number of ether oxygens (including phenoxy) is 1. The van der Waals surface area contributed by atoms with Crippen molar-refractivity contribution in [3.63, 3.8) is 0 Å². The van der Waals surface area contributed by atoms with Gasteiger partial charge in [0.15, 0.2) is 10.8 Å². The van der Waals surface area contributed by atoms with Crippen LogP contribution in [0, 0.1) is 20.8 Å². The van der Waals surface area contributed by atoms with Crippen molar-refractivity contribution in [3.05, 3.63) is 75.2 Å². The molecule has 4 aromatic rings. The number of nitrogens with zero attached hydrogens (tertiary/aromatic N) is 2. The largest absolute Gasteiger partial charge is 0.493 e. The molecule has 0 saturated carbocycles. The number of pyridine rings is 1. The molecule has 7 heteroatoms. The third-order valence-corrected chi connectivity index (χ3v) is 6.22. The van der Waals surface area contributed by atoms with Crippen LogP contribution in [0.1, 0.15) is 43.7 Å². The number of hydrogen-bond acceptors (Lipinski definition) is 7. The quantitative estimate of drug-likeness (QED) is 0.294. The summed E-state index contributed by atoms with van der Waals surface area (Å²) in [7, 11) is 0. The average molecular weight is 436 g/mol. The van der Waals surface area contributed by atoms with E-state index in [1.165, 1.54) is 11.3 Å². The van der Waals surface area contributed by atoms with Gasteiger partial charge in [0.1, 0.15) is 11.3 Å². The molecule has 0 aliphatic heterocycles. The number of nitrogens with one attached hydrogen (secondary N) is 1. The van der Waals surface area contributed by atoms with E-state index in [1.54, 1.807) is 6.20 Å². The van der Waals surface area contributed by atoms with Gasteiger partial charge in [-0.2, -0.15) is 0 Å². The number of aromatic nitrogens is 2. The maximum Gasteiger partial charge on any atom is 0.256 e. The van der Waals surface area contributed by atoms with Gasteiger partial charge in [0, 0.05) is 29.4 Å². The average Bonchev–Trinajstić information content (AvgIpc) is 3.30. The number of ketones is 1. The monoisotopic (exact) mass is 435 g/mol. The van der Waals surface area contributed by atoms with Crippen molar-refractivity contribution in [1.82, 2.24) is 15.3 Å². The van der Waals surface area contributed by atoms with Crippen LogP contribution in [-0.4, -0.2) is 28.9 Å². The molecule has 31 heavy (non-hydrogen) atoms. The fourth-order valence-electron chi connectivity index (χ4n) is 3.38. The van der Waals surface area contributed by atoms with E-state index in [4.69, 9.17) is 9.15 Å². The summed E-state index contributed by atoms with van der Waals surface area (Å²) in [4.78, 5) is 22.5. The molecule has 0 bridgehead atoms. The van der Waals surface area contributed by atoms with Gasteiger partial charge in [0.05, 0.1) is 17.7 Å². The van der Waals surface area contributed by atoms with Crippen molar-refractivity contribution in [2.75, 3.05) is 13.2 Å². The molecule has 0 spiro atoms. The van der Waals surface area contributed by atoms with Gasteiger partial charge in [-0.15, -0.1) is 11.3 Å². The molecular weight excluding hydrogens is 410 g/mol. The molecule has 0 saturated heterocycles. The zero-order valence-corrected chi connectivity index (χ0v) is 18.7. The van der Waals surface area contributed by atoms with Crippen LogP contribution in [0.5, 0.6) is 5.75 Å². The van der Waals surface area contributed by atoms with Crippen molar-refractivity contribution in [2.24, 2.45) is 0 Å². The summed E-state index contributed by atoms with van der Waals surface area (Å²) in [5, 5.41) is 4.70. The van der Waals surface area contributed by atoms with Gasteiger partial charge >= 0.3 is 0 Å². The highest BCUT2D eigenvalue weighted by Gasteiger charge is 2.24. The second-order valence-electron chi connectivity index (χ2n) is 7.42. The van der Waals surface area contributed by atoms with Crippen LogP contribution in [0.3, 0.4) is 0 Å². The summed E-state index contributed by atoms with van der Waals surface area (Å²) in [5.74, 6) is 0.884. The van der Waals surface area contributed by atoms with Crippen molar-refractivity contribution < 1.29 is 13.9 Å². The van der Waals surface area contributed by atoms with E-state index in [2.05, 4.69) is 15.3 Å². The van der Waals surface area contributed by atoms with E-state index in [-0.39, 0.29) is 5.78 Å². The Bertz CT molecular complexity index is 1180. The molecule has 0 aliphatic rings. The number of carbonyl (C=O) groups is 1. The minimum Gasteiger partial charge on any atom is -0.493 e. The first-order valence-electron chi connectivity index (χ1n) is 10.3. The molecule has 6 nitrogen and oxygen atoms in total. The Morgan fingerprint density at radius 2 is 2.06 bits per heavy atom. The molecule has 160 valence electrons. The van der Waals surface area contributed by atoms with Crippen LogP contribution >= 0.6 is 11.3 Å². The molecule has 0 atom stereocenters. The lowest BCUT2D eigenvalue weighted by atomic mass is 10.1. The minimum atomic E-state index is -0.180. The van der Waals surface area contributed by atoms with Crippen LogP contribution in [0.25, 0.3) is 11.0 Å². The van der Waals surface area contributed by atoms with Crippen LogP contribution in [0.15, 0.2) is 47.1 Å². The summed E-state index contributed by atoms with van der Waals surface area (Å²) in [6.45, 7) is 7.96. The summed E-state index contributed by atoms with van der Waals surface area (Å²) < 4.78 is 12.0. The molecule has 0 fully saturated rings. The summed E-state index contributed by atoms with van der Waals surface area (Å²) in [6.07, 6.45) is 4.49. The number of benzene rings is 1. The lowest BCUT2D eigenvalue weighted by Gasteiger charge is -2.08. The Morgan fingerprint density at radius 3 is 2.81 bits per heavy atom. The number of rotatable bonds is 9. The Labute approximate surface area is 185 Å². The molecule has 3 heterocycles. The van der Waals surface area contributed by atoms with Crippen LogP contribution < -0.4 is 10.1 Å². The number of hydrogen-bond donors (Lipinski definition) is 1. The van der Waals surface area contributed by atoms with E-state index < -0.39 is 0 Å². The van der Waals surface area contributed by atoms with E-state index in [0.717, 1.165) is 52.3 Å². The fourth-order valence-corrected chi connectivity index (χ4v) is 4.24. The second-order valence-corrected chi connectivity index (χ2v) is 8.62. The minimum absolute atomic E-state index is 0.180. The van der Waals surface area contributed by atoms with E-state index >= 15 is 0 Å². The molecule has 1 N–H and O–H groups in total. The fraction of sp³-hybridized carbons (Fsp3) is 0.292. The Morgan fingerprint density at radius 1 is 1.19 bits per heavy atom. The van der Waals surface area contributed by atoms with Crippen LogP contribution in [0.4, 0.5) is 0 Å². The molecular formula is C24H25N3O3S. The van der Waals surface area contributed by atoms with E-state index in [1.807, 2.05) is 57.3 Å². The Hall–Kier alpha value is -3.03. The summed E-state index contributed by atoms with van der Waals surface area (Å²) in [5.41, 5.74) is 3.47. The standard InChI is InChI=1S/C24H25N3O3S/c1-15-21-19(29-12-6-11-26-14-18-7-5-10-25-13-18)8-4-9-20(21)30-23(15)22(28)24-27-16(2)17(3)31-24/h4-5,7-10,13,26H,6,11-12,14H2,1-3H3. The Kier molecular flexibility index (Phi) is 6.44. The summed E-state index contributed by atoms with van der Waals surface area (Å²) in [6, 6.07) is 9.64. The van der Waals surface area contributed by atoms with Gasteiger partial charge in [-0.1, -0.05) is 12.1 Å². The van der Waals surface area contributed by atoms with Crippen molar-refractivity contribution >= 4 is 28.1 Å². The molecule has 0 aliphatic carbocycles. The number of fused-ring (bicyclic) bond motifs is 1. The number of carbonyl (C=O) groups excluding carboxylic acids is 1. The second kappa shape index (κ2) is 9.41. The number of aryl methyl sites for hydroxylation is 3. The maximum absolute atomic E-state index is 13.0. The third kappa shape index (κ3) is 4.68. The number of furan rings is 1. The highest BCUT2D eigenvalue weighted by Crippen LogP contribution is 2.34. The van der Waals surface area contributed by atoms with Gasteiger partial charge in [-0.25, -0.2) is 4.98 Å². The van der Waals surface area contributed by atoms with Crippen molar-refractivity contribution in [2.45, 2.75) is 33.7 Å². The maximum atomic E-state index is 13.0. The van der Waals surface area contributed by atoms with Crippen molar-refractivity contribution in [1.29, 1.82) is 0 Å². The first-order chi connectivity index (χ1) is 15.0. The molecule has 3 aromatic heterocycles. The summed E-state index contributed by atoms with van der Waals surface area (Å²) >= 11 is 1.40. The lowest BCUT2D eigenvalue weighted by Crippen LogP contribution is -2.17.